The third kappa shape index (κ3) is 2.86. The standard InChI is InChI=1S/C11H8N4OS/c12-6-9(17-11-13-7-14-15-11)5-8-3-1-2-4-10(8)16/h1-5,7,16H,(H,13,14,15). The maximum Gasteiger partial charge on any atom is 0.188 e. The van der Waals surface area contributed by atoms with E-state index in [1.807, 2.05) is 6.07 Å². The lowest BCUT2D eigenvalue weighted by molar-refractivity contribution is 0.474. The Hall–Kier alpha value is -2.26. The van der Waals surface area contributed by atoms with Crippen molar-refractivity contribution in [2.24, 2.45) is 0 Å². The van der Waals surface area contributed by atoms with Crippen molar-refractivity contribution in [2.45, 2.75) is 5.16 Å². The van der Waals surface area contributed by atoms with Gasteiger partial charge in [-0.25, -0.2) is 4.98 Å². The second-order valence-corrected chi connectivity index (χ2v) is 4.10. The number of allylic oxidation sites excluding steroid dienone is 1. The molecule has 0 saturated carbocycles. The van der Waals surface area contributed by atoms with Gasteiger partial charge in [0.1, 0.15) is 18.1 Å². The van der Waals surface area contributed by atoms with E-state index in [4.69, 9.17) is 5.26 Å². The second kappa shape index (κ2) is 5.18. The van der Waals surface area contributed by atoms with Gasteiger partial charge in [-0.15, -0.1) is 0 Å². The summed E-state index contributed by atoms with van der Waals surface area (Å²) in [4.78, 5) is 4.33. The first kappa shape index (κ1) is 11.2. The second-order valence-electron chi connectivity index (χ2n) is 3.07. The molecule has 17 heavy (non-hydrogen) atoms. The highest BCUT2D eigenvalue weighted by atomic mass is 32.2. The molecule has 5 nitrogen and oxygen atoms in total. The van der Waals surface area contributed by atoms with E-state index in [-0.39, 0.29) is 5.75 Å². The molecule has 0 atom stereocenters. The van der Waals surface area contributed by atoms with Crippen molar-refractivity contribution in [3.8, 4) is 11.8 Å². The minimum absolute atomic E-state index is 0.137. The van der Waals surface area contributed by atoms with Crippen LogP contribution in [-0.2, 0) is 0 Å². The molecule has 1 heterocycles. The van der Waals surface area contributed by atoms with Gasteiger partial charge in [0.2, 0.25) is 0 Å². The molecule has 84 valence electrons. The lowest BCUT2D eigenvalue weighted by Gasteiger charge is -1.99. The van der Waals surface area contributed by atoms with Crippen LogP contribution in [0.25, 0.3) is 6.08 Å². The number of aromatic hydroxyl groups is 1. The minimum Gasteiger partial charge on any atom is -0.507 e. The monoisotopic (exact) mass is 244 g/mol. The lowest BCUT2D eigenvalue weighted by atomic mass is 10.2. The summed E-state index contributed by atoms with van der Waals surface area (Å²) in [6, 6.07) is 8.86. The molecular formula is C11H8N4OS. The van der Waals surface area contributed by atoms with Crippen molar-refractivity contribution in [1.29, 1.82) is 5.26 Å². The summed E-state index contributed by atoms with van der Waals surface area (Å²) in [5.74, 6) is 0.137. The van der Waals surface area contributed by atoms with Gasteiger partial charge in [0.25, 0.3) is 0 Å². The molecule has 1 aromatic carbocycles. The number of nitriles is 1. The number of phenolic OH excluding ortho intramolecular Hbond substituents is 1. The van der Waals surface area contributed by atoms with Gasteiger partial charge >= 0.3 is 0 Å². The fraction of sp³-hybridized carbons (Fsp3) is 0. The van der Waals surface area contributed by atoms with Crippen molar-refractivity contribution in [2.75, 3.05) is 0 Å². The molecular weight excluding hydrogens is 236 g/mol. The predicted molar refractivity (Wildman–Crippen MR) is 63.9 cm³/mol. The maximum atomic E-state index is 9.58. The summed E-state index contributed by atoms with van der Waals surface area (Å²) in [7, 11) is 0. The van der Waals surface area contributed by atoms with Crippen LogP contribution in [0, 0.1) is 11.3 Å². The van der Waals surface area contributed by atoms with Gasteiger partial charge in [0.05, 0.1) is 4.91 Å². The highest BCUT2D eigenvalue weighted by Crippen LogP contribution is 2.26. The first-order valence-electron chi connectivity index (χ1n) is 4.72. The number of nitrogens with one attached hydrogen (secondary N) is 1. The number of nitrogens with zero attached hydrogens (tertiary/aromatic N) is 3. The number of benzene rings is 1. The third-order valence-electron chi connectivity index (χ3n) is 1.93. The SMILES string of the molecule is N#CC(=Cc1ccccc1O)Sc1ncn[nH]1. The van der Waals surface area contributed by atoms with Gasteiger partial charge in [-0.05, 0) is 23.9 Å². The highest BCUT2D eigenvalue weighted by Gasteiger charge is 2.04. The van der Waals surface area contributed by atoms with Crippen LogP contribution in [0.1, 0.15) is 5.56 Å². The molecule has 0 aliphatic carbocycles. The Morgan fingerprint density at radius 1 is 1.47 bits per heavy atom. The van der Waals surface area contributed by atoms with E-state index in [0.717, 1.165) is 11.8 Å². The first-order valence-corrected chi connectivity index (χ1v) is 5.54. The quantitative estimate of drug-likeness (QED) is 0.638. The van der Waals surface area contributed by atoms with Crippen LogP contribution in [0.5, 0.6) is 5.75 Å². The van der Waals surface area contributed by atoms with Gasteiger partial charge in [-0.1, -0.05) is 18.2 Å². The van der Waals surface area contributed by atoms with Crippen LogP contribution < -0.4 is 0 Å². The Balaban J connectivity index is 2.25. The van der Waals surface area contributed by atoms with Gasteiger partial charge < -0.3 is 5.11 Å². The molecule has 0 radical (unpaired) electrons. The Labute approximate surface area is 102 Å². The fourth-order valence-electron chi connectivity index (χ4n) is 1.18. The van der Waals surface area contributed by atoms with E-state index in [9.17, 15) is 5.11 Å². The van der Waals surface area contributed by atoms with Crippen LogP contribution >= 0.6 is 11.8 Å². The number of aromatic nitrogens is 3. The summed E-state index contributed by atoms with van der Waals surface area (Å²) >= 11 is 1.16. The number of H-pyrrole nitrogens is 1. The fourth-order valence-corrected chi connectivity index (χ4v) is 1.82. The molecule has 2 N–H and O–H groups in total. The summed E-state index contributed by atoms with van der Waals surface area (Å²) in [5.41, 5.74) is 0.594. The molecule has 0 fully saturated rings. The number of hydrogen-bond donors (Lipinski definition) is 2. The van der Waals surface area contributed by atoms with Crippen molar-refractivity contribution < 1.29 is 5.11 Å². The Morgan fingerprint density at radius 3 is 2.94 bits per heavy atom. The minimum atomic E-state index is 0.137. The molecule has 0 amide bonds. The topological polar surface area (TPSA) is 85.6 Å². The molecule has 2 aromatic rings. The summed E-state index contributed by atoms with van der Waals surface area (Å²) < 4.78 is 0. The number of phenols is 1. The van der Waals surface area contributed by atoms with E-state index in [2.05, 4.69) is 15.2 Å². The van der Waals surface area contributed by atoms with Crippen molar-refractivity contribution in [1.82, 2.24) is 15.2 Å². The average Bonchev–Trinajstić information content (AvgIpc) is 2.84. The summed E-state index contributed by atoms with van der Waals surface area (Å²) in [6.07, 6.45) is 2.97. The van der Waals surface area contributed by atoms with Crippen molar-refractivity contribution >= 4 is 17.8 Å². The van der Waals surface area contributed by atoms with Crippen LogP contribution in [0.2, 0.25) is 0 Å². The zero-order chi connectivity index (χ0) is 12.1. The zero-order valence-electron chi connectivity index (χ0n) is 8.66. The van der Waals surface area contributed by atoms with E-state index < -0.39 is 0 Å². The first-order chi connectivity index (χ1) is 8.29. The Bertz CT molecular complexity index is 571. The predicted octanol–water partition coefficient (Wildman–Crippen LogP) is 2.17. The molecule has 0 bridgehead atoms. The average molecular weight is 244 g/mol. The van der Waals surface area contributed by atoms with Gasteiger partial charge in [0, 0.05) is 5.56 Å². The smallest absolute Gasteiger partial charge is 0.188 e. The van der Waals surface area contributed by atoms with E-state index in [1.54, 1.807) is 30.3 Å². The zero-order valence-corrected chi connectivity index (χ0v) is 9.48. The molecule has 6 heteroatoms. The lowest BCUT2D eigenvalue weighted by Crippen LogP contribution is -1.79. The van der Waals surface area contributed by atoms with Crippen LogP contribution in [0.3, 0.4) is 0 Å². The highest BCUT2D eigenvalue weighted by molar-refractivity contribution is 8.03. The van der Waals surface area contributed by atoms with Crippen molar-refractivity contribution in [3.05, 3.63) is 41.1 Å². The van der Waals surface area contributed by atoms with Crippen LogP contribution in [0.4, 0.5) is 0 Å². The van der Waals surface area contributed by atoms with Gasteiger partial charge in [-0.3, -0.25) is 5.10 Å². The third-order valence-corrected chi connectivity index (χ3v) is 2.75. The molecule has 0 saturated heterocycles. The van der Waals surface area contributed by atoms with Crippen molar-refractivity contribution in [3.63, 3.8) is 0 Å². The largest absolute Gasteiger partial charge is 0.507 e. The molecule has 0 spiro atoms. The number of thioether (sulfide) groups is 1. The van der Waals surface area contributed by atoms with E-state index in [0.29, 0.717) is 15.6 Å². The van der Waals surface area contributed by atoms with Crippen LogP contribution in [0.15, 0.2) is 40.7 Å². The molecule has 1 aromatic heterocycles. The maximum absolute atomic E-state index is 9.58. The van der Waals surface area contributed by atoms with E-state index in [1.165, 1.54) is 6.33 Å². The summed E-state index contributed by atoms with van der Waals surface area (Å²) in [6.45, 7) is 0. The van der Waals surface area contributed by atoms with Gasteiger partial charge in [-0.2, -0.15) is 10.4 Å². The normalized spacial score (nSPS) is 11.1. The molecule has 0 aliphatic heterocycles. The van der Waals surface area contributed by atoms with Gasteiger partial charge in [0.15, 0.2) is 5.16 Å². The number of aromatic amines is 1. The number of hydrogen-bond acceptors (Lipinski definition) is 5. The Morgan fingerprint density at radius 2 is 2.29 bits per heavy atom. The summed E-state index contributed by atoms with van der Waals surface area (Å²) in [5, 5.41) is 25.5. The molecule has 2 rings (SSSR count). The molecule has 0 aliphatic rings. The number of rotatable bonds is 3. The van der Waals surface area contributed by atoms with E-state index >= 15 is 0 Å². The van der Waals surface area contributed by atoms with Crippen LogP contribution in [-0.4, -0.2) is 20.3 Å². The Kier molecular flexibility index (Phi) is 3.43. The molecule has 0 unspecified atom stereocenters. The number of para-hydroxylation sites is 1.